The first-order valence-corrected chi connectivity index (χ1v) is 5.67. The van der Waals surface area contributed by atoms with Crippen molar-refractivity contribution in [3.05, 3.63) is 23.5 Å². The van der Waals surface area contributed by atoms with Crippen molar-refractivity contribution >= 4 is 11.9 Å². The lowest BCUT2D eigenvalue weighted by atomic mass is 10.2. The van der Waals surface area contributed by atoms with Gasteiger partial charge < -0.3 is 14.8 Å². The Morgan fingerprint density at radius 1 is 1.06 bits per heavy atom. The lowest BCUT2D eigenvalue weighted by molar-refractivity contribution is -0.138. The predicted molar refractivity (Wildman–Crippen MR) is 61.8 cm³/mol. The second-order valence-electron chi connectivity index (χ2n) is 3.47. The molecule has 0 unspecified atom stereocenters. The number of carbonyl (C=O) groups is 2. The smallest absolute Gasteiger partial charge is 0.332 e. The third-order valence-electron chi connectivity index (χ3n) is 2.14. The minimum Gasteiger partial charge on any atom is -0.463 e. The molecule has 1 aliphatic rings. The molecule has 5 heteroatoms. The van der Waals surface area contributed by atoms with Crippen LogP contribution in [-0.2, 0) is 19.1 Å². The predicted octanol–water partition coefficient (Wildman–Crippen LogP) is 1.26. The van der Waals surface area contributed by atoms with Crippen LogP contribution >= 0.6 is 0 Å². The molecule has 1 N–H and O–H groups in total. The highest BCUT2D eigenvalue weighted by Gasteiger charge is 2.14. The Kier molecular flexibility index (Phi) is 5.26. The first-order valence-electron chi connectivity index (χ1n) is 5.67. The quantitative estimate of drug-likeness (QED) is 0.591. The van der Waals surface area contributed by atoms with Crippen molar-refractivity contribution in [1.29, 1.82) is 0 Å². The van der Waals surface area contributed by atoms with Gasteiger partial charge in [0.2, 0.25) is 0 Å². The van der Waals surface area contributed by atoms with E-state index < -0.39 is 0 Å². The molecule has 1 aliphatic heterocycles. The van der Waals surface area contributed by atoms with Crippen LogP contribution in [0.3, 0.4) is 0 Å². The highest BCUT2D eigenvalue weighted by molar-refractivity contribution is 5.84. The Morgan fingerprint density at radius 3 is 1.82 bits per heavy atom. The van der Waals surface area contributed by atoms with Gasteiger partial charge in [-0.1, -0.05) is 0 Å². The summed E-state index contributed by atoms with van der Waals surface area (Å²) in [6, 6.07) is 0. The van der Waals surface area contributed by atoms with Crippen LogP contribution in [0.4, 0.5) is 0 Å². The van der Waals surface area contributed by atoms with E-state index in [0.29, 0.717) is 26.1 Å². The van der Waals surface area contributed by atoms with Crippen molar-refractivity contribution in [2.75, 3.05) is 13.2 Å². The van der Waals surface area contributed by atoms with Crippen LogP contribution in [0.2, 0.25) is 0 Å². The highest BCUT2D eigenvalue weighted by Crippen LogP contribution is 2.18. The summed E-state index contributed by atoms with van der Waals surface area (Å²) in [5, 5.41) is 2.99. The van der Waals surface area contributed by atoms with Crippen LogP contribution < -0.4 is 5.32 Å². The van der Waals surface area contributed by atoms with Crippen molar-refractivity contribution in [2.45, 2.75) is 26.7 Å². The van der Waals surface area contributed by atoms with Crippen LogP contribution in [-0.4, -0.2) is 25.2 Å². The number of esters is 2. The SMILES string of the molecule is CCOC(=O)/C=C1\CC/C(=C\C(=O)OCC)N1. The molecule has 5 nitrogen and oxygen atoms in total. The van der Waals surface area contributed by atoms with Crippen LogP contribution in [0.25, 0.3) is 0 Å². The molecule has 1 fully saturated rings. The summed E-state index contributed by atoms with van der Waals surface area (Å²) < 4.78 is 9.58. The van der Waals surface area contributed by atoms with Gasteiger partial charge in [-0.3, -0.25) is 0 Å². The Morgan fingerprint density at radius 2 is 1.47 bits per heavy atom. The van der Waals surface area contributed by atoms with Crippen molar-refractivity contribution in [1.82, 2.24) is 5.32 Å². The van der Waals surface area contributed by atoms with Gasteiger partial charge in [-0.05, 0) is 26.7 Å². The van der Waals surface area contributed by atoms with Crippen LogP contribution in [0.5, 0.6) is 0 Å². The number of allylic oxidation sites excluding steroid dienone is 2. The molecule has 0 aromatic heterocycles. The molecule has 0 amide bonds. The van der Waals surface area contributed by atoms with E-state index in [1.807, 2.05) is 0 Å². The molecule has 0 radical (unpaired) electrons. The third-order valence-corrected chi connectivity index (χ3v) is 2.14. The van der Waals surface area contributed by atoms with E-state index in [9.17, 15) is 9.59 Å². The molecule has 0 aromatic rings. The third kappa shape index (κ3) is 4.72. The average Bonchev–Trinajstić information content (AvgIpc) is 2.66. The molecular formula is C12H17NO4. The van der Waals surface area contributed by atoms with E-state index >= 15 is 0 Å². The molecule has 0 aliphatic carbocycles. The molecule has 1 saturated heterocycles. The van der Waals surface area contributed by atoms with E-state index in [2.05, 4.69) is 5.32 Å². The van der Waals surface area contributed by atoms with Crippen LogP contribution in [0, 0.1) is 0 Å². The summed E-state index contributed by atoms with van der Waals surface area (Å²) in [6.45, 7) is 4.22. The van der Waals surface area contributed by atoms with Gasteiger partial charge in [0.25, 0.3) is 0 Å². The number of hydrogen-bond donors (Lipinski definition) is 1. The van der Waals surface area contributed by atoms with E-state index in [1.54, 1.807) is 13.8 Å². The van der Waals surface area contributed by atoms with Gasteiger partial charge in [0.15, 0.2) is 0 Å². The van der Waals surface area contributed by atoms with Crippen molar-refractivity contribution in [3.8, 4) is 0 Å². The summed E-state index contributed by atoms with van der Waals surface area (Å²) in [4.78, 5) is 22.4. The normalized spacial score (nSPS) is 19.2. The summed E-state index contributed by atoms with van der Waals surface area (Å²) >= 11 is 0. The maximum absolute atomic E-state index is 11.2. The van der Waals surface area contributed by atoms with Gasteiger partial charge in [-0.25, -0.2) is 9.59 Å². The molecule has 0 aromatic carbocycles. The number of hydrogen-bond acceptors (Lipinski definition) is 5. The van der Waals surface area contributed by atoms with Crippen molar-refractivity contribution < 1.29 is 19.1 Å². The lowest BCUT2D eigenvalue weighted by Gasteiger charge is -2.01. The Hall–Kier alpha value is -1.78. The Labute approximate surface area is 100 Å². The zero-order chi connectivity index (χ0) is 12.7. The zero-order valence-electron chi connectivity index (χ0n) is 10.1. The van der Waals surface area contributed by atoms with Gasteiger partial charge in [0.1, 0.15) is 0 Å². The fourth-order valence-electron chi connectivity index (χ4n) is 1.47. The molecule has 94 valence electrons. The minimum absolute atomic E-state index is 0.355. The van der Waals surface area contributed by atoms with Crippen molar-refractivity contribution in [3.63, 3.8) is 0 Å². The molecule has 0 saturated carbocycles. The topological polar surface area (TPSA) is 64.6 Å². The first-order chi connectivity index (χ1) is 8.15. The number of rotatable bonds is 4. The summed E-state index contributed by atoms with van der Waals surface area (Å²) in [6.07, 6.45) is 4.22. The molecule has 0 bridgehead atoms. The number of nitrogens with one attached hydrogen (secondary N) is 1. The molecular weight excluding hydrogens is 222 g/mol. The zero-order valence-corrected chi connectivity index (χ0v) is 10.1. The molecule has 0 atom stereocenters. The molecule has 1 rings (SSSR count). The highest BCUT2D eigenvalue weighted by atomic mass is 16.5. The van der Waals surface area contributed by atoms with Gasteiger partial charge >= 0.3 is 11.9 Å². The maximum Gasteiger partial charge on any atom is 0.332 e. The monoisotopic (exact) mass is 239 g/mol. The second kappa shape index (κ2) is 6.73. The van der Waals surface area contributed by atoms with Gasteiger partial charge in [-0.15, -0.1) is 0 Å². The summed E-state index contributed by atoms with van der Waals surface area (Å²) in [7, 11) is 0. The largest absolute Gasteiger partial charge is 0.463 e. The van der Waals surface area contributed by atoms with Crippen LogP contribution in [0.1, 0.15) is 26.7 Å². The second-order valence-corrected chi connectivity index (χ2v) is 3.47. The summed E-state index contributed by atoms with van der Waals surface area (Å²) in [5.41, 5.74) is 1.53. The van der Waals surface area contributed by atoms with E-state index in [4.69, 9.17) is 9.47 Å². The van der Waals surface area contributed by atoms with E-state index in [-0.39, 0.29) is 11.9 Å². The number of ether oxygens (including phenoxy) is 2. The standard InChI is InChI=1S/C12H17NO4/c1-3-16-11(14)7-9-5-6-10(13-9)8-12(15)17-4-2/h7-8,13H,3-6H2,1-2H3/b9-7+,10-8+. The fourth-order valence-corrected chi connectivity index (χ4v) is 1.47. The van der Waals surface area contributed by atoms with Gasteiger partial charge in [-0.2, -0.15) is 0 Å². The van der Waals surface area contributed by atoms with E-state index in [0.717, 1.165) is 11.4 Å². The Bertz CT molecular complexity index is 324. The maximum atomic E-state index is 11.2. The van der Waals surface area contributed by atoms with Crippen molar-refractivity contribution in [2.24, 2.45) is 0 Å². The van der Waals surface area contributed by atoms with Crippen LogP contribution in [0.15, 0.2) is 23.5 Å². The Balaban J connectivity index is 2.52. The lowest BCUT2D eigenvalue weighted by Crippen LogP contribution is -2.09. The minimum atomic E-state index is -0.368. The van der Waals surface area contributed by atoms with E-state index in [1.165, 1.54) is 12.2 Å². The van der Waals surface area contributed by atoms with Gasteiger partial charge in [0.05, 0.1) is 13.2 Å². The molecule has 0 spiro atoms. The average molecular weight is 239 g/mol. The first kappa shape index (κ1) is 13.3. The van der Waals surface area contributed by atoms with Gasteiger partial charge in [0, 0.05) is 23.5 Å². The molecule has 17 heavy (non-hydrogen) atoms. The summed E-state index contributed by atoms with van der Waals surface area (Å²) in [5.74, 6) is -0.736. The number of carbonyl (C=O) groups excluding carboxylic acids is 2. The fraction of sp³-hybridized carbons (Fsp3) is 0.500. The molecule has 1 heterocycles.